The summed E-state index contributed by atoms with van der Waals surface area (Å²) in [4.78, 5) is 3.57. The molecule has 2 nitrogen and oxygen atoms in total. The van der Waals surface area contributed by atoms with E-state index in [0.29, 0.717) is 0 Å². The zero-order chi connectivity index (χ0) is 12.8. The van der Waals surface area contributed by atoms with Gasteiger partial charge < -0.3 is 9.72 Å². The van der Waals surface area contributed by atoms with Crippen molar-refractivity contribution in [2.45, 2.75) is 12.8 Å². The first-order valence-corrected chi connectivity index (χ1v) is 6.64. The number of aromatic nitrogens is 1. The highest BCUT2D eigenvalue weighted by atomic mass is 16.5. The molecule has 1 aliphatic rings. The van der Waals surface area contributed by atoms with Gasteiger partial charge in [-0.3, -0.25) is 0 Å². The Kier molecular flexibility index (Phi) is 2.18. The van der Waals surface area contributed by atoms with Crippen LogP contribution in [0.3, 0.4) is 0 Å². The van der Waals surface area contributed by atoms with Crippen molar-refractivity contribution in [1.29, 1.82) is 0 Å². The fourth-order valence-corrected chi connectivity index (χ4v) is 3.19. The van der Waals surface area contributed by atoms with Crippen molar-refractivity contribution in [3.63, 3.8) is 0 Å². The fourth-order valence-electron chi connectivity index (χ4n) is 3.19. The Morgan fingerprint density at radius 2 is 1.79 bits per heavy atom. The number of ether oxygens (including phenoxy) is 1. The van der Waals surface area contributed by atoms with Crippen molar-refractivity contribution in [2.75, 3.05) is 7.11 Å². The lowest BCUT2D eigenvalue weighted by atomic mass is 9.88. The van der Waals surface area contributed by atoms with Crippen LogP contribution in [0, 0.1) is 0 Å². The number of H-pyrrole nitrogens is 1. The molecule has 19 heavy (non-hydrogen) atoms. The predicted octanol–water partition coefficient (Wildman–Crippen LogP) is 3.94. The number of benzene rings is 2. The van der Waals surface area contributed by atoms with Gasteiger partial charge in [-0.1, -0.05) is 30.3 Å². The molecule has 94 valence electrons. The third kappa shape index (κ3) is 1.43. The zero-order valence-corrected chi connectivity index (χ0v) is 10.9. The molecule has 1 aromatic heterocycles. The molecule has 3 aromatic rings. The summed E-state index contributed by atoms with van der Waals surface area (Å²) in [7, 11) is 1.75. The molecule has 0 amide bonds. The van der Waals surface area contributed by atoms with Gasteiger partial charge in [-0.25, -0.2) is 0 Å². The van der Waals surface area contributed by atoms with Crippen LogP contribution in [0.2, 0.25) is 0 Å². The molecule has 2 heteroatoms. The van der Waals surface area contributed by atoms with Crippen LogP contribution >= 0.6 is 0 Å². The number of rotatable bonds is 1. The minimum Gasteiger partial charge on any atom is -0.496 e. The summed E-state index contributed by atoms with van der Waals surface area (Å²) in [5.41, 5.74) is 6.54. The zero-order valence-electron chi connectivity index (χ0n) is 10.9. The van der Waals surface area contributed by atoms with Gasteiger partial charge in [0.25, 0.3) is 0 Å². The highest BCUT2D eigenvalue weighted by molar-refractivity contribution is 5.92. The molecule has 0 bridgehead atoms. The molecule has 1 aliphatic carbocycles. The predicted molar refractivity (Wildman–Crippen MR) is 77.7 cm³/mol. The minimum absolute atomic E-state index is 1.00. The van der Waals surface area contributed by atoms with E-state index in [1.807, 2.05) is 6.07 Å². The molecule has 0 saturated carbocycles. The number of para-hydroxylation sites is 1. The molecular formula is C17H15NO. The first-order chi connectivity index (χ1) is 9.38. The average molecular weight is 249 g/mol. The Bertz CT molecular complexity index is 770. The van der Waals surface area contributed by atoms with E-state index in [1.165, 1.54) is 33.3 Å². The Labute approximate surface area is 112 Å². The molecule has 0 saturated heterocycles. The van der Waals surface area contributed by atoms with Crippen molar-refractivity contribution in [3.05, 3.63) is 53.6 Å². The highest BCUT2D eigenvalue weighted by Crippen LogP contribution is 2.40. The summed E-state index contributed by atoms with van der Waals surface area (Å²) >= 11 is 0. The molecule has 2 aromatic carbocycles. The Morgan fingerprint density at radius 1 is 0.947 bits per heavy atom. The average Bonchev–Trinajstić information content (AvgIpc) is 2.85. The maximum atomic E-state index is 5.49. The maximum absolute atomic E-state index is 5.49. The number of aryl methyl sites for hydroxylation is 1. The van der Waals surface area contributed by atoms with E-state index in [4.69, 9.17) is 4.74 Å². The van der Waals surface area contributed by atoms with Crippen molar-refractivity contribution in [3.8, 4) is 17.0 Å². The molecule has 0 atom stereocenters. The summed E-state index contributed by atoms with van der Waals surface area (Å²) in [6.07, 6.45) is 2.13. The topological polar surface area (TPSA) is 25.0 Å². The molecule has 0 spiro atoms. The van der Waals surface area contributed by atoms with E-state index >= 15 is 0 Å². The number of aromatic amines is 1. The van der Waals surface area contributed by atoms with Crippen LogP contribution in [0.15, 0.2) is 42.5 Å². The van der Waals surface area contributed by atoms with E-state index in [1.54, 1.807) is 7.11 Å². The number of hydrogen-bond acceptors (Lipinski definition) is 1. The highest BCUT2D eigenvalue weighted by Gasteiger charge is 2.22. The maximum Gasteiger partial charge on any atom is 0.122 e. The minimum atomic E-state index is 1.00. The van der Waals surface area contributed by atoms with Gasteiger partial charge in [-0.15, -0.1) is 0 Å². The quantitative estimate of drug-likeness (QED) is 0.694. The van der Waals surface area contributed by atoms with Crippen molar-refractivity contribution in [1.82, 2.24) is 4.98 Å². The third-order valence-electron chi connectivity index (χ3n) is 4.06. The number of nitrogens with one attached hydrogen (secondary N) is 1. The summed E-state index contributed by atoms with van der Waals surface area (Å²) in [5.74, 6) is 1.00. The monoisotopic (exact) mass is 249 g/mol. The standard InChI is InChI=1S/C17H15NO/c1-19-16-8-4-6-13-12(16)9-10-14-11-5-2-3-7-15(11)18-17(13)14/h2-8,18H,9-10H2,1H3. The van der Waals surface area contributed by atoms with Crippen LogP contribution in [-0.2, 0) is 12.8 Å². The fraction of sp³-hybridized carbons (Fsp3) is 0.176. The smallest absolute Gasteiger partial charge is 0.122 e. The van der Waals surface area contributed by atoms with Crippen molar-refractivity contribution >= 4 is 10.9 Å². The number of fused-ring (bicyclic) bond motifs is 5. The van der Waals surface area contributed by atoms with E-state index in [9.17, 15) is 0 Å². The molecular weight excluding hydrogens is 234 g/mol. The van der Waals surface area contributed by atoms with Gasteiger partial charge in [0.15, 0.2) is 0 Å². The lowest BCUT2D eigenvalue weighted by Crippen LogP contribution is -2.04. The van der Waals surface area contributed by atoms with Gasteiger partial charge in [0.1, 0.15) is 5.75 Å². The van der Waals surface area contributed by atoms with Crippen LogP contribution < -0.4 is 4.74 Å². The summed E-state index contributed by atoms with van der Waals surface area (Å²) in [5, 5.41) is 1.35. The van der Waals surface area contributed by atoms with Crippen molar-refractivity contribution < 1.29 is 4.74 Å². The summed E-state index contributed by atoms with van der Waals surface area (Å²) in [6, 6.07) is 14.8. The largest absolute Gasteiger partial charge is 0.496 e. The summed E-state index contributed by atoms with van der Waals surface area (Å²) < 4.78 is 5.49. The second-order valence-electron chi connectivity index (χ2n) is 5.01. The third-order valence-corrected chi connectivity index (χ3v) is 4.06. The Balaban J connectivity index is 2.04. The SMILES string of the molecule is COc1cccc2c1CCc1c-2[nH]c2ccccc12. The van der Waals surface area contributed by atoms with E-state index in [2.05, 4.69) is 41.4 Å². The number of hydrogen-bond donors (Lipinski definition) is 1. The van der Waals surface area contributed by atoms with E-state index < -0.39 is 0 Å². The Hall–Kier alpha value is -2.22. The van der Waals surface area contributed by atoms with Crippen LogP contribution in [0.1, 0.15) is 11.1 Å². The normalized spacial score (nSPS) is 13.1. The first kappa shape index (κ1) is 10.7. The van der Waals surface area contributed by atoms with Crippen LogP contribution in [0.4, 0.5) is 0 Å². The van der Waals surface area contributed by atoms with Crippen LogP contribution in [0.25, 0.3) is 22.2 Å². The first-order valence-electron chi connectivity index (χ1n) is 6.64. The van der Waals surface area contributed by atoms with Gasteiger partial charge >= 0.3 is 0 Å². The van der Waals surface area contributed by atoms with Crippen LogP contribution in [-0.4, -0.2) is 12.1 Å². The molecule has 0 radical (unpaired) electrons. The summed E-state index contributed by atoms with van der Waals surface area (Å²) in [6.45, 7) is 0. The molecule has 1 heterocycles. The molecule has 1 N–H and O–H groups in total. The van der Waals surface area contributed by atoms with Gasteiger partial charge in [0.05, 0.1) is 12.8 Å². The van der Waals surface area contributed by atoms with Crippen LogP contribution in [0.5, 0.6) is 5.75 Å². The molecule has 0 fully saturated rings. The molecule has 4 rings (SSSR count). The Morgan fingerprint density at radius 3 is 2.68 bits per heavy atom. The van der Waals surface area contributed by atoms with Gasteiger partial charge in [0, 0.05) is 22.0 Å². The van der Waals surface area contributed by atoms with E-state index in [-0.39, 0.29) is 0 Å². The van der Waals surface area contributed by atoms with E-state index in [0.717, 1.165) is 18.6 Å². The lowest BCUT2D eigenvalue weighted by Gasteiger charge is -2.19. The second-order valence-corrected chi connectivity index (χ2v) is 5.01. The molecule has 0 aliphatic heterocycles. The van der Waals surface area contributed by atoms with Gasteiger partial charge in [-0.05, 0) is 30.5 Å². The van der Waals surface area contributed by atoms with Gasteiger partial charge in [0.2, 0.25) is 0 Å². The second kappa shape index (κ2) is 3.89. The lowest BCUT2D eigenvalue weighted by molar-refractivity contribution is 0.409. The van der Waals surface area contributed by atoms with Gasteiger partial charge in [-0.2, -0.15) is 0 Å². The molecule has 0 unspecified atom stereocenters. The van der Waals surface area contributed by atoms with Crippen molar-refractivity contribution in [2.24, 2.45) is 0 Å². The number of methoxy groups -OCH3 is 1.